The standard InChI is InChI=1S/C12H18N4/c13-11(14)10-6-5-7-15-12(10)16-8-3-1-2-4-9-16/h5-7H,1-4,8-9H2,(H3,13,14). The van der Waals surface area contributed by atoms with Crippen molar-refractivity contribution in [3.8, 4) is 0 Å². The van der Waals surface area contributed by atoms with E-state index in [1.165, 1.54) is 25.7 Å². The summed E-state index contributed by atoms with van der Waals surface area (Å²) in [6.45, 7) is 2.05. The number of rotatable bonds is 2. The molecule has 0 bridgehead atoms. The molecule has 0 unspecified atom stereocenters. The Hall–Kier alpha value is -1.58. The number of pyridine rings is 1. The van der Waals surface area contributed by atoms with Gasteiger partial charge in [-0.05, 0) is 25.0 Å². The molecule has 1 fully saturated rings. The van der Waals surface area contributed by atoms with Gasteiger partial charge in [0.25, 0.3) is 0 Å². The van der Waals surface area contributed by atoms with Gasteiger partial charge in [-0.1, -0.05) is 12.8 Å². The van der Waals surface area contributed by atoms with Crippen LogP contribution in [0.2, 0.25) is 0 Å². The van der Waals surface area contributed by atoms with E-state index in [-0.39, 0.29) is 5.84 Å². The lowest BCUT2D eigenvalue weighted by atomic mass is 10.2. The molecule has 0 radical (unpaired) electrons. The third-order valence-electron chi connectivity index (χ3n) is 2.98. The molecule has 3 N–H and O–H groups in total. The Kier molecular flexibility index (Phi) is 3.39. The Bertz CT molecular complexity index is 367. The van der Waals surface area contributed by atoms with Crippen LogP contribution in [-0.2, 0) is 0 Å². The van der Waals surface area contributed by atoms with Crippen LogP contribution in [0.3, 0.4) is 0 Å². The van der Waals surface area contributed by atoms with Crippen molar-refractivity contribution in [3.63, 3.8) is 0 Å². The molecule has 16 heavy (non-hydrogen) atoms. The fraction of sp³-hybridized carbons (Fsp3) is 0.500. The van der Waals surface area contributed by atoms with Crippen LogP contribution in [0.25, 0.3) is 0 Å². The highest BCUT2D eigenvalue weighted by Crippen LogP contribution is 2.20. The molecule has 1 saturated heterocycles. The van der Waals surface area contributed by atoms with E-state index in [0.717, 1.165) is 24.5 Å². The Labute approximate surface area is 96.0 Å². The first-order valence-electron chi connectivity index (χ1n) is 5.83. The summed E-state index contributed by atoms with van der Waals surface area (Å²) < 4.78 is 0. The molecule has 1 aromatic heterocycles. The highest BCUT2D eigenvalue weighted by Gasteiger charge is 2.15. The molecule has 4 heteroatoms. The van der Waals surface area contributed by atoms with Crippen molar-refractivity contribution in [1.82, 2.24) is 4.98 Å². The first-order valence-corrected chi connectivity index (χ1v) is 5.83. The molecule has 0 aliphatic carbocycles. The Balaban J connectivity index is 2.27. The Morgan fingerprint density at radius 3 is 2.56 bits per heavy atom. The van der Waals surface area contributed by atoms with Gasteiger partial charge in [0.05, 0.1) is 5.56 Å². The van der Waals surface area contributed by atoms with Crippen LogP contribution in [0.15, 0.2) is 18.3 Å². The summed E-state index contributed by atoms with van der Waals surface area (Å²) in [6.07, 6.45) is 6.76. The number of hydrogen-bond donors (Lipinski definition) is 2. The van der Waals surface area contributed by atoms with Crippen LogP contribution in [0.1, 0.15) is 31.2 Å². The van der Waals surface area contributed by atoms with Gasteiger partial charge in [0.15, 0.2) is 0 Å². The molecule has 2 rings (SSSR count). The maximum absolute atomic E-state index is 7.56. The number of hydrogen-bond acceptors (Lipinski definition) is 3. The molecule has 86 valence electrons. The minimum atomic E-state index is 0.104. The molecule has 2 heterocycles. The summed E-state index contributed by atoms with van der Waals surface area (Å²) in [5.74, 6) is 0.976. The average Bonchev–Trinajstić information content (AvgIpc) is 2.57. The van der Waals surface area contributed by atoms with Crippen molar-refractivity contribution < 1.29 is 0 Å². The zero-order chi connectivity index (χ0) is 11.4. The lowest BCUT2D eigenvalue weighted by molar-refractivity contribution is 0.726. The number of nitrogen functional groups attached to an aromatic ring is 1. The quantitative estimate of drug-likeness (QED) is 0.587. The van der Waals surface area contributed by atoms with Gasteiger partial charge in [-0.25, -0.2) is 4.98 Å². The minimum absolute atomic E-state index is 0.104. The van der Waals surface area contributed by atoms with Gasteiger partial charge in [0, 0.05) is 19.3 Å². The molecule has 1 aliphatic heterocycles. The highest BCUT2D eigenvalue weighted by atomic mass is 15.2. The maximum atomic E-state index is 7.56. The van der Waals surface area contributed by atoms with Crippen LogP contribution < -0.4 is 10.6 Å². The zero-order valence-electron chi connectivity index (χ0n) is 9.45. The molecule has 1 aromatic rings. The van der Waals surface area contributed by atoms with Crippen LogP contribution in [-0.4, -0.2) is 23.9 Å². The lowest BCUT2D eigenvalue weighted by Crippen LogP contribution is -2.28. The largest absolute Gasteiger partial charge is 0.384 e. The SMILES string of the molecule is N=C(N)c1cccnc1N1CCCCCC1. The predicted octanol–water partition coefficient (Wildman–Crippen LogP) is 1.75. The van der Waals surface area contributed by atoms with Crippen LogP contribution in [0.4, 0.5) is 5.82 Å². The van der Waals surface area contributed by atoms with Crippen molar-refractivity contribution >= 4 is 11.7 Å². The van der Waals surface area contributed by atoms with Crippen molar-refractivity contribution in [2.75, 3.05) is 18.0 Å². The average molecular weight is 218 g/mol. The van der Waals surface area contributed by atoms with E-state index in [1.807, 2.05) is 12.1 Å². The normalized spacial score (nSPS) is 16.9. The Morgan fingerprint density at radius 2 is 1.94 bits per heavy atom. The molecule has 0 saturated carbocycles. The first-order chi connectivity index (χ1) is 7.79. The second kappa shape index (κ2) is 4.96. The molecule has 0 atom stereocenters. The topological polar surface area (TPSA) is 66.0 Å². The number of anilines is 1. The number of nitrogens with zero attached hydrogens (tertiary/aromatic N) is 2. The number of aromatic nitrogens is 1. The summed E-state index contributed by atoms with van der Waals surface area (Å²) >= 11 is 0. The molecule has 0 aromatic carbocycles. The van der Waals surface area contributed by atoms with Gasteiger partial charge in [-0.2, -0.15) is 0 Å². The lowest BCUT2D eigenvalue weighted by Gasteiger charge is -2.23. The van der Waals surface area contributed by atoms with E-state index in [0.29, 0.717) is 0 Å². The van der Waals surface area contributed by atoms with E-state index in [2.05, 4.69) is 9.88 Å². The van der Waals surface area contributed by atoms with Crippen LogP contribution in [0, 0.1) is 5.41 Å². The van der Waals surface area contributed by atoms with Crippen molar-refractivity contribution in [3.05, 3.63) is 23.9 Å². The number of nitrogens with two attached hydrogens (primary N) is 1. The third-order valence-corrected chi connectivity index (χ3v) is 2.98. The van der Waals surface area contributed by atoms with Gasteiger partial charge in [-0.15, -0.1) is 0 Å². The predicted molar refractivity (Wildman–Crippen MR) is 65.9 cm³/mol. The van der Waals surface area contributed by atoms with Crippen molar-refractivity contribution in [1.29, 1.82) is 5.41 Å². The Morgan fingerprint density at radius 1 is 1.25 bits per heavy atom. The summed E-state index contributed by atoms with van der Waals surface area (Å²) in [7, 11) is 0. The van der Waals surface area contributed by atoms with Gasteiger partial charge in [0.1, 0.15) is 11.7 Å². The summed E-state index contributed by atoms with van der Waals surface area (Å²) in [4.78, 5) is 6.62. The van der Waals surface area contributed by atoms with E-state index in [9.17, 15) is 0 Å². The summed E-state index contributed by atoms with van der Waals surface area (Å²) in [5, 5.41) is 7.56. The fourth-order valence-electron chi connectivity index (χ4n) is 2.14. The van der Waals surface area contributed by atoms with Crippen molar-refractivity contribution in [2.24, 2.45) is 5.73 Å². The first kappa shape index (κ1) is 10.9. The van der Waals surface area contributed by atoms with E-state index < -0.39 is 0 Å². The monoisotopic (exact) mass is 218 g/mol. The summed E-state index contributed by atoms with van der Waals surface area (Å²) in [6, 6.07) is 3.70. The van der Waals surface area contributed by atoms with E-state index in [1.54, 1.807) is 6.20 Å². The van der Waals surface area contributed by atoms with Crippen LogP contribution in [0.5, 0.6) is 0 Å². The minimum Gasteiger partial charge on any atom is -0.384 e. The second-order valence-corrected chi connectivity index (χ2v) is 4.19. The molecule has 1 aliphatic rings. The van der Waals surface area contributed by atoms with Gasteiger partial charge < -0.3 is 10.6 Å². The maximum Gasteiger partial charge on any atom is 0.139 e. The highest BCUT2D eigenvalue weighted by molar-refractivity contribution is 5.99. The molecular weight excluding hydrogens is 200 g/mol. The molecular formula is C12H18N4. The second-order valence-electron chi connectivity index (χ2n) is 4.19. The van der Waals surface area contributed by atoms with Crippen molar-refractivity contribution in [2.45, 2.75) is 25.7 Å². The zero-order valence-corrected chi connectivity index (χ0v) is 9.45. The van der Waals surface area contributed by atoms with Gasteiger partial charge >= 0.3 is 0 Å². The van der Waals surface area contributed by atoms with E-state index >= 15 is 0 Å². The van der Waals surface area contributed by atoms with Crippen LogP contribution >= 0.6 is 0 Å². The van der Waals surface area contributed by atoms with Gasteiger partial charge in [0.2, 0.25) is 0 Å². The fourth-order valence-corrected chi connectivity index (χ4v) is 2.14. The molecule has 4 nitrogen and oxygen atoms in total. The third kappa shape index (κ3) is 2.32. The smallest absolute Gasteiger partial charge is 0.139 e. The number of nitrogens with one attached hydrogen (secondary N) is 1. The van der Waals surface area contributed by atoms with E-state index in [4.69, 9.17) is 11.1 Å². The summed E-state index contributed by atoms with van der Waals surface area (Å²) in [5.41, 5.74) is 6.33. The number of amidine groups is 1. The van der Waals surface area contributed by atoms with Gasteiger partial charge in [-0.3, -0.25) is 5.41 Å². The molecule has 0 spiro atoms. The molecule has 0 amide bonds.